The molecule has 0 N–H and O–H groups in total. The van der Waals surface area contributed by atoms with Crippen LogP contribution in [-0.4, -0.2) is 37.2 Å². The molecule has 1 fully saturated rings. The molecule has 1 aromatic carbocycles. The maximum absolute atomic E-state index is 12.0. The van der Waals surface area contributed by atoms with Gasteiger partial charge in [-0.1, -0.05) is 12.1 Å². The van der Waals surface area contributed by atoms with Crippen LogP contribution in [0.1, 0.15) is 55.3 Å². The van der Waals surface area contributed by atoms with Gasteiger partial charge in [-0.2, -0.15) is 0 Å². The van der Waals surface area contributed by atoms with E-state index in [1.165, 1.54) is 14.0 Å². The number of benzene rings is 1. The van der Waals surface area contributed by atoms with Gasteiger partial charge in [0, 0.05) is 5.56 Å². The third kappa shape index (κ3) is 2.81. The average Bonchev–Trinajstić information content (AvgIpc) is 2.65. The van der Waals surface area contributed by atoms with Gasteiger partial charge in [-0.05, 0) is 46.1 Å². The fourth-order valence-corrected chi connectivity index (χ4v) is 2.24. The van der Waals surface area contributed by atoms with Crippen molar-refractivity contribution in [3.05, 3.63) is 29.3 Å². The fourth-order valence-electron chi connectivity index (χ4n) is 2.24. The number of carbonyl (C=O) groups excluding carboxylic acids is 2. The minimum Gasteiger partial charge on any atom is -0.465 e. The second-order valence-electron chi connectivity index (χ2n) is 6.44. The number of rotatable bonds is 3. The molecule has 0 aliphatic carbocycles. The van der Waals surface area contributed by atoms with Crippen LogP contribution in [-0.2, 0) is 14.0 Å². The van der Waals surface area contributed by atoms with E-state index in [1.807, 2.05) is 27.7 Å². The predicted octanol–water partition coefficient (Wildman–Crippen LogP) is 1.97. The van der Waals surface area contributed by atoms with E-state index in [0.29, 0.717) is 16.6 Å². The first-order valence-electron chi connectivity index (χ1n) is 7.18. The zero-order valence-electron chi connectivity index (χ0n) is 13.9. The van der Waals surface area contributed by atoms with Crippen molar-refractivity contribution in [2.75, 3.05) is 7.11 Å². The van der Waals surface area contributed by atoms with Crippen LogP contribution in [0, 0.1) is 0 Å². The number of esters is 1. The molecule has 0 bridgehead atoms. The van der Waals surface area contributed by atoms with Gasteiger partial charge < -0.3 is 14.0 Å². The maximum atomic E-state index is 12.0. The first-order chi connectivity index (χ1) is 10.1. The largest absolute Gasteiger partial charge is 0.495 e. The van der Waals surface area contributed by atoms with E-state index in [0.717, 1.165) is 0 Å². The Balaban J connectivity index is 2.51. The molecule has 22 heavy (non-hydrogen) atoms. The van der Waals surface area contributed by atoms with E-state index in [1.54, 1.807) is 18.2 Å². The molecular formula is C16H21BO5. The molecule has 1 aliphatic heterocycles. The minimum absolute atomic E-state index is 0.0887. The van der Waals surface area contributed by atoms with Crippen molar-refractivity contribution in [1.29, 1.82) is 0 Å². The van der Waals surface area contributed by atoms with Crippen molar-refractivity contribution in [1.82, 2.24) is 0 Å². The van der Waals surface area contributed by atoms with Gasteiger partial charge in [-0.25, -0.2) is 4.79 Å². The molecule has 2 rings (SSSR count). The molecule has 1 aromatic rings. The molecule has 0 unspecified atom stereocenters. The van der Waals surface area contributed by atoms with Gasteiger partial charge in [-0.3, -0.25) is 4.79 Å². The van der Waals surface area contributed by atoms with Crippen LogP contribution in [0.15, 0.2) is 18.2 Å². The van der Waals surface area contributed by atoms with Crippen molar-refractivity contribution in [2.45, 2.75) is 45.8 Å². The molecule has 0 saturated carbocycles. The molecule has 1 saturated heterocycles. The lowest BCUT2D eigenvalue weighted by molar-refractivity contribution is 0.00578. The Morgan fingerprint density at radius 1 is 1.09 bits per heavy atom. The van der Waals surface area contributed by atoms with Crippen LogP contribution in [0.4, 0.5) is 0 Å². The van der Waals surface area contributed by atoms with Gasteiger partial charge in [0.25, 0.3) is 0 Å². The lowest BCUT2D eigenvalue weighted by Crippen LogP contribution is -2.41. The molecule has 6 heteroatoms. The molecular weight excluding hydrogens is 283 g/mol. The van der Waals surface area contributed by atoms with Gasteiger partial charge in [0.2, 0.25) is 0 Å². The Bertz CT molecular complexity index is 605. The highest BCUT2D eigenvalue weighted by molar-refractivity contribution is 6.63. The lowest BCUT2D eigenvalue weighted by Gasteiger charge is -2.32. The van der Waals surface area contributed by atoms with Crippen molar-refractivity contribution in [3.8, 4) is 0 Å². The molecule has 0 radical (unpaired) electrons. The van der Waals surface area contributed by atoms with E-state index in [9.17, 15) is 9.59 Å². The number of hydrogen-bond donors (Lipinski definition) is 0. The van der Waals surface area contributed by atoms with Crippen molar-refractivity contribution >= 4 is 24.3 Å². The average molecular weight is 304 g/mol. The number of ketones is 1. The summed E-state index contributed by atoms with van der Waals surface area (Å²) in [5.74, 6) is -0.575. The molecule has 0 aromatic heterocycles. The van der Waals surface area contributed by atoms with E-state index < -0.39 is 24.3 Å². The van der Waals surface area contributed by atoms with Gasteiger partial charge in [0.15, 0.2) is 5.78 Å². The normalized spacial score (nSPS) is 19.1. The van der Waals surface area contributed by atoms with Crippen LogP contribution in [0.3, 0.4) is 0 Å². The molecule has 1 heterocycles. The predicted molar refractivity (Wildman–Crippen MR) is 83.5 cm³/mol. The van der Waals surface area contributed by atoms with Gasteiger partial charge in [-0.15, -0.1) is 0 Å². The first-order valence-corrected chi connectivity index (χ1v) is 7.18. The van der Waals surface area contributed by atoms with Crippen molar-refractivity contribution in [3.63, 3.8) is 0 Å². The smallest absolute Gasteiger partial charge is 0.465 e. The summed E-state index contributed by atoms with van der Waals surface area (Å²) in [6.45, 7) is 9.19. The summed E-state index contributed by atoms with van der Waals surface area (Å²) < 4.78 is 16.8. The third-order valence-corrected chi connectivity index (χ3v) is 4.37. The molecule has 118 valence electrons. The summed E-state index contributed by atoms with van der Waals surface area (Å²) in [6.07, 6.45) is 0. The highest BCUT2D eigenvalue weighted by atomic mass is 16.7. The summed E-state index contributed by atoms with van der Waals surface area (Å²) in [5.41, 5.74) is 0.288. The summed E-state index contributed by atoms with van der Waals surface area (Å²) in [5, 5.41) is 0. The van der Waals surface area contributed by atoms with E-state index in [4.69, 9.17) is 14.0 Å². The van der Waals surface area contributed by atoms with Gasteiger partial charge >= 0.3 is 13.1 Å². The highest BCUT2D eigenvalue weighted by Crippen LogP contribution is 2.36. The zero-order valence-corrected chi connectivity index (χ0v) is 13.9. The number of methoxy groups -OCH3 is 1. The van der Waals surface area contributed by atoms with Crippen molar-refractivity contribution < 1.29 is 23.6 Å². The number of carbonyl (C=O) groups is 2. The zero-order chi connectivity index (χ0) is 16.7. The molecule has 0 atom stereocenters. The quantitative estimate of drug-likeness (QED) is 0.485. The monoisotopic (exact) mass is 304 g/mol. The summed E-state index contributed by atoms with van der Waals surface area (Å²) in [6, 6.07) is 4.81. The van der Waals surface area contributed by atoms with E-state index in [-0.39, 0.29) is 5.78 Å². The van der Waals surface area contributed by atoms with Gasteiger partial charge in [0.05, 0.1) is 23.9 Å². The Kier molecular flexibility index (Phi) is 4.19. The summed E-state index contributed by atoms with van der Waals surface area (Å²) >= 11 is 0. The second-order valence-corrected chi connectivity index (χ2v) is 6.44. The van der Waals surface area contributed by atoms with E-state index in [2.05, 4.69) is 0 Å². The van der Waals surface area contributed by atoms with Crippen LogP contribution in [0.2, 0.25) is 0 Å². The summed E-state index contributed by atoms with van der Waals surface area (Å²) in [4.78, 5) is 23.6. The van der Waals surface area contributed by atoms with Gasteiger partial charge in [0.1, 0.15) is 0 Å². The fraction of sp³-hybridized carbons (Fsp3) is 0.500. The minimum atomic E-state index is -0.724. The number of Topliss-reactive ketones (excluding diaryl/α,β-unsaturated/α-hetero) is 1. The van der Waals surface area contributed by atoms with Crippen LogP contribution in [0.25, 0.3) is 0 Å². The Labute approximate surface area is 131 Å². The number of hydrogen-bond acceptors (Lipinski definition) is 5. The SMILES string of the molecule is COC(=O)c1ccc(C(C)=O)cc1B1OC(C)(C)C(C)(C)O1. The van der Waals surface area contributed by atoms with Crippen LogP contribution < -0.4 is 5.46 Å². The molecule has 0 spiro atoms. The number of ether oxygens (including phenoxy) is 1. The van der Waals surface area contributed by atoms with Crippen LogP contribution >= 0.6 is 0 Å². The summed E-state index contributed by atoms with van der Waals surface area (Å²) in [7, 11) is 0.591. The van der Waals surface area contributed by atoms with E-state index >= 15 is 0 Å². The second kappa shape index (κ2) is 5.52. The van der Waals surface area contributed by atoms with Crippen molar-refractivity contribution in [2.24, 2.45) is 0 Å². The Morgan fingerprint density at radius 2 is 1.64 bits per heavy atom. The molecule has 1 aliphatic rings. The molecule has 5 nitrogen and oxygen atoms in total. The maximum Gasteiger partial charge on any atom is 0.495 e. The topological polar surface area (TPSA) is 61.8 Å². The third-order valence-electron chi connectivity index (χ3n) is 4.37. The molecule has 0 amide bonds. The standard InChI is InChI=1S/C16H21BO5/c1-10(18)11-7-8-12(14(19)20-6)13(9-11)17-21-15(2,3)16(4,5)22-17/h7-9H,1-6H3. The first kappa shape index (κ1) is 16.7. The Hall–Kier alpha value is -1.66. The lowest BCUT2D eigenvalue weighted by atomic mass is 9.75. The highest BCUT2D eigenvalue weighted by Gasteiger charge is 2.52. The Morgan fingerprint density at radius 3 is 2.09 bits per heavy atom. The van der Waals surface area contributed by atoms with Crippen LogP contribution in [0.5, 0.6) is 0 Å².